The molecule has 31 heavy (non-hydrogen) atoms. The van der Waals surface area contributed by atoms with E-state index in [1.807, 2.05) is 0 Å². The molecule has 2 atom stereocenters. The first kappa shape index (κ1) is 23.3. The number of ether oxygens (including phenoxy) is 2. The molecule has 7 nitrogen and oxygen atoms in total. The van der Waals surface area contributed by atoms with Crippen LogP contribution in [0.4, 0.5) is 13.2 Å². The maximum atomic E-state index is 13.1. The average Bonchev–Trinajstić information content (AvgIpc) is 3.13. The summed E-state index contributed by atoms with van der Waals surface area (Å²) in [6.07, 6.45) is -4.51. The second-order valence-electron chi connectivity index (χ2n) is 7.00. The molecule has 170 valence electrons. The summed E-state index contributed by atoms with van der Waals surface area (Å²) in [5.41, 5.74) is -0.0930. The number of nitrogens with one attached hydrogen (secondary N) is 1. The van der Waals surface area contributed by atoms with Gasteiger partial charge in [-0.2, -0.15) is 18.2 Å². The van der Waals surface area contributed by atoms with Gasteiger partial charge in [-0.25, -0.2) is 13.1 Å². The van der Waals surface area contributed by atoms with Crippen molar-refractivity contribution in [1.82, 2.24) is 9.79 Å². The van der Waals surface area contributed by atoms with Crippen molar-refractivity contribution in [2.75, 3.05) is 27.9 Å². The van der Waals surface area contributed by atoms with Gasteiger partial charge in [0, 0.05) is 19.2 Å². The summed E-state index contributed by atoms with van der Waals surface area (Å²) in [6, 6.07) is 8.83. The normalized spacial score (nSPS) is 20.1. The number of methoxy groups -OCH3 is 2. The van der Waals surface area contributed by atoms with Crippen LogP contribution in [0.2, 0.25) is 0 Å². The molecule has 11 heteroatoms. The smallest absolute Gasteiger partial charge is 0.416 e. The summed E-state index contributed by atoms with van der Waals surface area (Å²) in [5.74, 6) is 0.977. The van der Waals surface area contributed by atoms with Crippen LogP contribution in [0.15, 0.2) is 42.5 Å². The van der Waals surface area contributed by atoms with E-state index in [9.17, 15) is 21.6 Å². The van der Waals surface area contributed by atoms with Crippen LogP contribution >= 0.6 is 0 Å². The monoisotopic (exact) mass is 460 g/mol. The van der Waals surface area contributed by atoms with Crippen molar-refractivity contribution in [3.05, 3.63) is 59.2 Å². The van der Waals surface area contributed by atoms with Crippen LogP contribution in [0.5, 0.6) is 11.5 Å². The van der Waals surface area contributed by atoms with Crippen molar-refractivity contribution in [3.8, 4) is 11.5 Å². The second-order valence-corrected chi connectivity index (χ2v) is 8.98. The highest BCUT2D eigenvalue weighted by atomic mass is 32.2. The molecule has 0 amide bonds. The van der Waals surface area contributed by atoms with Gasteiger partial charge in [0.25, 0.3) is 0 Å². The predicted molar refractivity (Wildman–Crippen MR) is 107 cm³/mol. The molecule has 1 aliphatic heterocycles. The molecule has 0 spiro atoms. The fourth-order valence-corrected chi connectivity index (χ4v) is 4.95. The number of halogens is 3. The van der Waals surface area contributed by atoms with Gasteiger partial charge in [0.05, 0.1) is 32.4 Å². The number of nitrogens with zero attached hydrogens (tertiary/aromatic N) is 1. The predicted octanol–water partition coefficient (Wildman–Crippen LogP) is 3.13. The zero-order valence-corrected chi connectivity index (χ0v) is 18.0. The molecule has 1 aliphatic rings. The molecule has 0 aromatic heterocycles. The number of hydroxylamine groups is 2. The number of hydrogen-bond acceptors (Lipinski definition) is 6. The van der Waals surface area contributed by atoms with Crippen LogP contribution in [-0.4, -0.2) is 46.6 Å². The summed E-state index contributed by atoms with van der Waals surface area (Å²) in [6.45, 7) is -0.409. The molecule has 0 aliphatic carbocycles. The van der Waals surface area contributed by atoms with Crippen LogP contribution in [0.25, 0.3) is 0 Å². The van der Waals surface area contributed by atoms with E-state index in [0.717, 1.165) is 12.1 Å². The molecular formula is C20H23F3N2O5S. The molecule has 0 bridgehead atoms. The molecule has 1 saturated heterocycles. The molecule has 1 heterocycles. The van der Waals surface area contributed by atoms with Crippen LogP contribution in [0.1, 0.15) is 22.7 Å². The van der Waals surface area contributed by atoms with E-state index < -0.39 is 33.1 Å². The molecule has 2 aromatic rings. The van der Waals surface area contributed by atoms with Gasteiger partial charge in [0.2, 0.25) is 10.0 Å². The summed E-state index contributed by atoms with van der Waals surface area (Å²) in [5, 5.41) is 0.398. The SMILES string of the molecule is COc1ccc(OC)c(C2C(S(=O)(=O)NCc3cccc(C(F)(F)F)c3)CON2C)c1. The maximum Gasteiger partial charge on any atom is 0.416 e. The molecule has 0 saturated carbocycles. The number of rotatable bonds is 7. The third-order valence-electron chi connectivity index (χ3n) is 5.07. The van der Waals surface area contributed by atoms with Crippen molar-refractivity contribution in [3.63, 3.8) is 0 Å². The van der Waals surface area contributed by atoms with E-state index in [1.165, 1.54) is 31.4 Å². The van der Waals surface area contributed by atoms with Crippen molar-refractivity contribution < 1.29 is 35.9 Å². The van der Waals surface area contributed by atoms with Crippen molar-refractivity contribution >= 4 is 10.0 Å². The Labute approximate surface area is 178 Å². The van der Waals surface area contributed by atoms with E-state index in [4.69, 9.17) is 14.3 Å². The number of sulfonamides is 1. The Balaban J connectivity index is 1.85. The van der Waals surface area contributed by atoms with Crippen LogP contribution in [0, 0.1) is 0 Å². The Bertz CT molecular complexity index is 1030. The third-order valence-corrected chi connectivity index (χ3v) is 6.81. The van der Waals surface area contributed by atoms with E-state index in [1.54, 1.807) is 25.2 Å². The van der Waals surface area contributed by atoms with Crippen LogP contribution in [-0.2, 0) is 27.6 Å². The largest absolute Gasteiger partial charge is 0.497 e. The van der Waals surface area contributed by atoms with E-state index in [0.29, 0.717) is 17.1 Å². The first-order valence-corrected chi connectivity index (χ1v) is 10.8. The fourth-order valence-electron chi connectivity index (χ4n) is 3.47. The number of benzene rings is 2. The molecule has 2 unspecified atom stereocenters. The van der Waals surface area contributed by atoms with Gasteiger partial charge in [-0.1, -0.05) is 18.2 Å². The summed E-state index contributed by atoms with van der Waals surface area (Å²) in [4.78, 5) is 5.48. The first-order valence-electron chi connectivity index (χ1n) is 9.29. The lowest BCUT2D eigenvalue weighted by Gasteiger charge is -2.25. The Hall–Kier alpha value is -2.34. The second kappa shape index (κ2) is 9.03. The van der Waals surface area contributed by atoms with Gasteiger partial charge in [-0.15, -0.1) is 0 Å². The Morgan fingerprint density at radius 1 is 1.16 bits per heavy atom. The van der Waals surface area contributed by atoms with E-state index in [2.05, 4.69) is 4.72 Å². The third kappa shape index (κ3) is 5.12. The highest BCUT2D eigenvalue weighted by molar-refractivity contribution is 7.90. The van der Waals surface area contributed by atoms with Gasteiger partial charge in [-0.05, 0) is 29.8 Å². The lowest BCUT2D eigenvalue weighted by molar-refractivity contribution is -0.137. The molecule has 1 N–H and O–H groups in total. The molecular weight excluding hydrogens is 437 g/mol. The minimum Gasteiger partial charge on any atom is -0.497 e. The fraction of sp³-hybridized carbons (Fsp3) is 0.400. The van der Waals surface area contributed by atoms with Crippen LogP contribution in [0.3, 0.4) is 0 Å². The summed E-state index contributed by atoms with van der Waals surface area (Å²) in [7, 11) is 0.588. The Kier molecular flexibility index (Phi) is 6.79. The summed E-state index contributed by atoms with van der Waals surface area (Å²) < 4.78 is 77.9. The molecule has 0 radical (unpaired) electrons. The van der Waals surface area contributed by atoms with Gasteiger partial charge >= 0.3 is 6.18 Å². The quantitative estimate of drug-likeness (QED) is 0.684. The number of alkyl halides is 3. The maximum absolute atomic E-state index is 13.1. The topological polar surface area (TPSA) is 77.1 Å². The van der Waals surface area contributed by atoms with E-state index >= 15 is 0 Å². The first-order chi connectivity index (χ1) is 14.6. The minimum atomic E-state index is -4.51. The molecule has 3 rings (SSSR count). The average molecular weight is 460 g/mol. The molecule has 2 aromatic carbocycles. The van der Waals surface area contributed by atoms with Crippen LogP contribution < -0.4 is 14.2 Å². The summed E-state index contributed by atoms with van der Waals surface area (Å²) >= 11 is 0. The van der Waals surface area contributed by atoms with Gasteiger partial charge < -0.3 is 9.47 Å². The van der Waals surface area contributed by atoms with Gasteiger partial charge in [-0.3, -0.25) is 4.84 Å². The number of hydrogen-bond donors (Lipinski definition) is 1. The molecule has 1 fully saturated rings. The van der Waals surface area contributed by atoms with Crippen molar-refractivity contribution in [1.29, 1.82) is 0 Å². The van der Waals surface area contributed by atoms with Gasteiger partial charge in [0.1, 0.15) is 16.7 Å². The highest BCUT2D eigenvalue weighted by Gasteiger charge is 2.44. The lowest BCUT2D eigenvalue weighted by Crippen LogP contribution is -2.39. The lowest BCUT2D eigenvalue weighted by atomic mass is 10.0. The van der Waals surface area contributed by atoms with Gasteiger partial charge in [0.15, 0.2) is 0 Å². The zero-order valence-electron chi connectivity index (χ0n) is 17.1. The van der Waals surface area contributed by atoms with Crippen molar-refractivity contribution in [2.45, 2.75) is 24.0 Å². The zero-order chi connectivity index (χ0) is 22.8. The Morgan fingerprint density at radius 3 is 2.55 bits per heavy atom. The minimum absolute atomic E-state index is 0.126. The van der Waals surface area contributed by atoms with E-state index in [-0.39, 0.29) is 18.7 Å². The standard InChI is InChI=1S/C20H23F3N2O5S/c1-25-19(16-10-15(28-2)7-8-17(16)29-3)18(12-30-25)31(26,27)24-11-13-5-4-6-14(9-13)20(21,22)23/h4-10,18-19,24H,11-12H2,1-3H3. The highest BCUT2D eigenvalue weighted by Crippen LogP contribution is 2.39. The van der Waals surface area contributed by atoms with Crippen molar-refractivity contribution in [2.24, 2.45) is 0 Å². The Morgan fingerprint density at radius 2 is 1.90 bits per heavy atom.